The van der Waals surface area contributed by atoms with E-state index in [2.05, 4.69) is 37.3 Å². The van der Waals surface area contributed by atoms with Crippen LogP contribution in [0.5, 0.6) is 0 Å². The van der Waals surface area contributed by atoms with Crippen LogP contribution in [0.1, 0.15) is 11.4 Å². The molecule has 0 aliphatic heterocycles. The summed E-state index contributed by atoms with van der Waals surface area (Å²) in [6.07, 6.45) is 0. The Morgan fingerprint density at radius 2 is 2.11 bits per heavy atom. The minimum Gasteiger partial charge on any atom is -0.339 e. The van der Waals surface area contributed by atoms with Crippen molar-refractivity contribution in [3.8, 4) is 6.07 Å². The van der Waals surface area contributed by atoms with Crippen molar-refractivity contribution < 1.29 is 0 Å². The Morgan fingerprint density at radius 3 is 2.78 bits per heavy atom. The number of benzene rings is 1. The van der Waals surface area contributed by atoms with E-state index in [4.69, 9.17) is 16.9 Å². The molecule has 0 saturated carbocycles. The molecule has 0 saturated heterocycles. The van der Waals surface area contributed by atoms with Crippen LogP contribution in [0.15, 0.2) is 28.9 Å². The van der Waals surface area contributed by atoms with E-state index in [-0.39, 0.29) is 0 Å². The predicted molar refractivity (Wildman–Crippen MR) is 73.9 cm³/mol. The molecule has 2 rings (SSSR count). The third-order valence-electron chi connectivity index (χ3n) is 2.17. The van der Waals surface area contributed by atoms with Crippen LogP contribution < -0.4 is 5.32 Å². The molecular formula is C12H8BrClN4. The maximum absolute atomic E-state index is 9.02. The molecule has 90 valence electrons. The first kappa shape index (κ1) is 12.8. The second-order valence-electron chi connectivity index (χ2n) is 3.55. The Labute approximate surface area is 118 Å². The summed E-state index contributed by atoms with van der Waals surface area (Å²) in [5.74, 6) is 1.24. The molecule has 0 bridgehead atoms. The first-order chi connectivity index (χ1) is 8.58. The Hall–Kier alpha value is -1.64. The lowest BCUT2D eigenvalue weighted by atomic mass is 10.2. The van der Waals surface area contributed by atoms with Gasteiger partial charge in [0.05, 0.1) is 11.3 Å². The van der Waals surface area contributed by atoms with Gasteiger partial charge in [0.2, 0.25) is 0 Å². The van der Waals surface area contributed by atoms with E-state index in [1.807, 2.05) is 0 Å². The average Bonchev–Trinajstić information content (AvgIpc) is 2.27. The first-order valence-electron chi connectivity index (χ1n) is 5.06. The standard InChI is InChI=1S/C12H8BrClN4/c1-7-16-11(13)5-12(17-7)18-10-4-9(14)3-2-8(10)6-15/h2-5H,1H3,(H,16,17,18). The molecule has 0 unspecified atom stereocenters. The highest BCUT2D eigenvalue weighted by Gasteiger charge is 2.05. The molecule has 0 atom stereocenters. The quantitative estimate of drug-likeness (QED) is 0.854. The smallest absolute Gasteiger partial charge is 0.135 e. The first-order valence-corrected chi connectivity index (χ1v) is 6.23. The lowest BCUT2D eigenvalue weighted by Crippen LogP contribution is -1.99. The van der Waals surface area contributed by atoms with Gasteiger partial charge in [-0.25, -0.2) is 9.97 Å². The van der Waals surface area contributed by atoms with Crippen molar-refractivity contribution in [3.63, 3.8) is 0 Å². The number of halogens is 2. The van der Waals surface area contributed by atoms with Crippen molar-refractivity contribution >= 4 is 39.0 Å². The zero-order valence-electron chi connectivity index (χ0n) is 9.41. The summed E-state index contributed by atoms with van der Waals surface area (Å²) in [7, 11) is 0. The molecule has 0 fully saturated rings. The summed E-state index contributed by atoms with van der Waals surface area (Å²) in [5.41, 5.74) is 1.13. The van der Waals surface area contributed by atoms with E-state index in [0.29, 0.717) is 32.5 Å². The van der Waals surface area contributed by atoms with E-state index in [1.165, 1.54) is 0 Å². The third-order valence-corrected chi connectivity index (χ3v) is 2.81. The van der Waals surface area contributed by atoms with E-state index in [1.54, 1.807) is 31.2 Å². The largest absolute Gasteiger partial charge is 0.339 e. The fourth-order valence-electron chi connectivity index (χ4n) is 1.45. The van der Waals surface area contributed by atoms with Gasteiger partial charge < -0.3 is 5.32 Å². The van der Waals surface area contributed by atoms with Gasteiger partial charge in [0.25, 0.3) is 0 Å². The Kier molecular flexibility index (Phi) is 3.80. The van der Waals surface area contributed by atoms with Crippen LogP contribution in [0.4, 0.5) is 11.5 Å². The molecule has 4 nitrogen and oxygen atoms in total. The highest BCUT2D eigenvalue weighted by molar-refractivity contribution is 9.10. The molecule has 1 heterocycles. The predicted octanol–water partition coefficient (Wildman–Crippen LogP) is 3.82. The highest BCUT2D eigenvalue weighted by Crippen LogP contribution is 2.24. The number of nitriles is 1. The van der Waals surface area contributed by atoms with Crippen LogP contribution in [0.25, 0.3) is 0 Å². The summed E-state index contributed by atoms with van der Waals surface area (Å²) in [6.45, 7) is 1.79. The normalized spacial score (nSPS) is 9.89. The number of aromatic nitrogens is 2. The molecule has 0 aliphatic rings. The molecule has 18 heavy (non-hydrogen) atoms. The number of nitrogens with one attached hydrogen (secondary N) is 1. The van der Waals surface area contributed by atoms with Gasteiger partial charge in [-0.1, -0.05) is 11.6 Å². The minimum atomic E-state index is 0.506. The van der Waals surface area contributed by atoms with Gasteiger partial charge in [0.1, 0.15) is 22.3 Å². The highest BCUT2D eigenvalue weighted by atomic mass is 79.9. The third kappa shape index (κ3) is 2.97. The molecule has 0 amide bonds. The molecule has 0 radical (unpaired) electrons. The lowest BCUT2D eigenvalue weighted by molar-refractivity contribution is 1.04. The Bertz CT molecular complexity index is 616. The fraction of sp³-hybridized carbons (Fsp3) is 0.0833. The molecule has 0 spiro atoms. The minimum absolute atomic E-state index is 0.506. The van der Waals surface area contributed by atoms with Crippen LogP contribution in [0.3, 0.4) is 0 Å². The monoisotopic (exact) mass is 322 g/mol. The van der Waals surface area contributed by atoms with Crippen LogP contribution >= 0.6 is 27.5 Å². The van der Waals surface area contributed by atoms with E-state index in [0.717, 1.165) is 0 Å². The van der Waals surface area contributed by atoms with Gasteiger partial charge >= 0.3 is 0 Å². The van der Waals surface area contributed by atoms with Crippen molar-refractivity contribution in [2.75, 3.05) is 5.32 Å². The van der Waals surface area contributed by atoms with Crippen LogP contribution in [0.2, 0.25) is 5.02 Å². The molecule has 1 aromatic carbocycles. The number of hydrogen-bond acceptors (Lipinski definition) is 4. The SMILES string of the molecule is Cc1nc(Br)cc(Nc2cc(Cl)ccc2C#N)n1. The topological polar surface area (TPSA) is 61.6 Å². The van der Waals surface area contributed by atoms with Gasteiger partial charge in [-0.05, 0) is 41.1 Å². The number of rotatable bonds is 2. The number of nitrogens with zero attached hydrogens (tertiary/aromatic N) is 3. The van der Waals surface area contributed by atoms with Gasteiger partial charge in [-0.15, -0.1) is 0 Å². The number of hydrogen-bond donors (Lipinski definition) is 1. The molecule has 2 aromatic rings. The number of anilines is 2. The second-order valence-corrected chi connectivity index (χ2v) is 4.80. The second kappa shape index (κ2) is 5.34. The molecule has 1 aromatic heterocycles. The van der Waals surface area contributed by atoms with Crippen molar-refractivity contribution in [1.82, 2.24) is 9.97 Å². The summed E-state index contributed by atoms with van der Waals surface area (Å²) in [4.78, 5) is 8.34. The van der Waals surface area contributed by atoms with Gasteiger partial charge in [-0.2, -0.15) is 5.26 Å². The van der Waals surface area contributed by atoms with Crippen molar-refractivity contribution in [2.45, 2.75) is 6.92 Å². The van der Waals surface area contributed by atoms with Gasteiger partial charge in [0.15, 0.2) is 0 Å². The molecular weight excluding hydrogens is 316 g/mol. The zero-order chi connectivity index (χ0) is 13.1. The van der Waals surface area contributed by atoms with E-state index >= 15 is 0 Å². The van der Waals surface area contributed by atoms with Crippen LogP contribution in [-0.2, 0) is 0 Å². The Morgan fingerprint density at radius 1 is 1.33 bits per heavy atom. The fourth-order valence-corrected chi connectivity index (χ4v) is 2.10. The van der Waals surface area contributed by atoms with Crippen molar-refractivity contribution in [1.29, 1.82) is 5.26 Å². The van der Waals surface area contributed by atoms with Crippen LogP contribution in [-0.4, -0.2) is 9.97 Å². The molecule has 1 N–H and O–H groups in total. The summed E-state index contributed by atoms with van der Waals surface area (Å²) >= 11 is 9.21. The van der Waals surface area contributed by atoms with E-state index < -0.39 is 0 Å². The van der Waals surface area contributed by atoms with Crippen molar-refractivity contribution in [2.24, 2.45) is 0 Å². The summed E-state index contributed by atoms with van der Waals surface area (Å²) in [5, 5.41) is 12.6. The maximum atomic E-state index is 9.02. The van der Waals surface area contributed by atoms with Crippen LogP contribution in [0, 0.1) is 18.3 Å². The van der Waals surface area contributed by atoms with Crippen molar-refractivity contribution in [3.05, 3.63) is 45.3 Å². The zero-order valence-corrected chi connectivity index (χ0v) is 11.7. The van der Waals surface area contributed by atoms with E-state index in [9.17, 15) is 0 Å². The number of aryl methyl sites for hydroxylation is 1. The molecule has 0 aliphatic carbocycles. The molecule has 6 heteroatoms. The van der Waals surface area contributed by atoms with Gasteiger partial charge in [0, 0.05) is 11.1 Å². The summed E-state index contributed by atoms with van der Waals surface area (Å²) < 4.78 is 0.679. The Balaban J connectivity index is 2.39. The lowest BCUT2D eigenvalue weighted by Gasteiger charge is -2.08. The maximum Gasteiger partial charge on any atom is 0.135 e. The summed E-state index contributed by atoms with van der Waals surface area (Å²) in [6, 6.07) is 8.85. The van der Waals surface area contributed by atoms with Gasteiger partial charge in [-0.3, -0.25) is 0 Å². The average molecular weight is 324 g/mol.